The minimum atomic E-state index is -3.76. The van der Waals surface area contributed by atoms with Gasteiger partial charge in [-0.25, -0.2) is 8.42 Å². The van der Waals surface area contributed by atoms with Gasteiger partial charge in [0.15, 0.2) is 0 Å². The van der Waals surface area contributed by atoms with Gasteiger partial charge in [-0.05, 0) is 36.4 Å². The third kappa shape index (κ3) is 2.95. The van der Waals surface area contributed by atoms with E-state index in [0.717, 1.165) is 11.3 Å². The molecule has 2 N–H and O–H groups in total. The number of nitrogens with one attached hydrogen (secondary N) is 2. The summed E-state index contributed by atoms with van der Waals surface area (Å²) in [5.41, 5.74) is 0.481. The van der Waals surface area contributed by atoms with Crippen LogP contribution in [0.15, 0.2) is 39.9 Å². The molecule has 27 heavy (non-hydrogen) atoms. The number of sulfonamides is 1. The predicted molar refractivity (Wildman–Crippen MR) is 98.1 cm³/mol. The summed E-state index contributed by atoms with van der Waals surface area (Å²) >= 11 is 1.10. The van der Waals surface area contributed by atoms with E-state index in [9.17, 15) is 22.8 Å². The molecule has 1 atom stereocenters. The molecule has 2 aliphatic heterocycles. The molecule has 8 nitrogen and oxygen atoms in total. The van der Waals surface area contributed by atoms with Crippen molar-refractivity contribution in [2.75, 3.05) is 11.9 Å². The molecule has 4 rings (SSSR count). The van der Waals surface area contributed by atoms with Crippen molar-refractivity contribution in [1.82, 2.24) is 9.62 Å². The van der Waals surface area contributed by atoms with Gasteiger partial charge >= 0.3 is 0 Å². The summed E-state index contributed by atoms with van der Waals surface area (Å²) in [7, 11) is -3.76. The van der Waals surface area contributed by atoms with Crippen LogP contribution < -0.4 is 10.6 Å². The van der Waals surface area contributed by atoms with Gasteiger partial charge < -0.3 is 5.32 Å². The zero-order valence-corrected chi connectivity index (χ0v) is 15.6. The van der Waals surface area contributed by atoms with Crippen LogP contribution in [0.2, 0.25) is 0 Å². The summed E-state index contributed by atoms with van der Waals surface area (Å²) in [4.78, 5) is 36.5. The Morgan fingerprint density at radius 1 is 1.19 bits per heavy atom. The molecule has 0 spiro atoms. The average molecular weight is 405 g/mol. The second-order valence-electron chi connectivity index (χ2n) is 6.21. The van der Waals surface area contributed by atoms with Crippen LogP contribution in [0.4, 0.5) is 5.69 Å². The molecule has 3 amide bonds. The molecule has 1 unspecified atom stereocenters. The van der Waals surface area contributed by atoms with E-state index < -0.39 is 33.8 Å². The summed E-state index contributed by atoms with van der Waals surface area (Å²) in [6.45, 7) is 0.254. The van der Waals surface area contributed by atoms with E-state index in [1.165, 1.54) is 22.5 Å². The molecule has 0 bridgehead atoms. The maximum Gasteiger partial charge on any atom is 0.261 e. The van der Waals surface area contributed by atoms with Gasteiger partial charge in [0.1, 0.15) is 10.3 Å². The van der Waals surface area contributed by atoms with Gasteiger partial charge in [-0.2, -0.15) is 4.31 Å². The van der Waals surface area contributed by atoms with Crippen molar-refractivity contribution in [2.45, 2.75) is 23.1 Å². The van der Waals surface area contributed by atoms with E-state index in [0.29, 0.717) is 12.8 Å². The Morgan fingerprint density at radius 2 is 2.00 bits per heavy atom. The third-order valence-corrected chi connectivity index (χ3v) is 7.87. The van der Waals surface area contributed by atoms with Gasteiger partial charge in [0, 0.05) is 6.54 Å². The van der Waals surface area contributed by atoms with Gasteiger partial charge in [0.2, 0.25) is 5.91 Å². The SMILES string of the molecule is O=C1NC(=O)c2c(NC(=O)C3CCCN3S(=O)(=O)c3cccs3)cccc21. The van der Waals surface area contributed by atoms with E-state index in [4.69, 9.17) is 0 Å². The van der Waals surface area contributed by atoms with Crippen LogP contribution in [-0.4, -0.2) is 43.0 Å². The Hall–Kier alpha value is -2.56. The maximum atomic E-state index is 12.8. The number of imide groups is 1. The lowest BCUT2D eigenvalue weighted by Gasteiger charge is -2.23. The van der Waals surface area contributed by atoms with Crippen molar-refractivity contribution < 1.29 is 22.8 Å². The van der Waals surface area contributed by atoms with Crippen LogP contribution in [0, 0.1) is 0 Å². The molecular formula is C17H15N3O5S2. The first kappa shape index (κ1) is 17.8. The van der Waals surface area contributed by atoms with Gasteiger partial charge in [-0.1, -0.05) is 12.1 Å². The number of carbonyl (C=O) groups excluding carboxylic acids is 3. The summed E-state index contributed by atoms with van der Waals surface area (Å²) in [5, 5.41) is 6.48. The molecule has 3 heterocycles. The number of carbonyl (C=O) groups is 3. The Balaban J connectivity index is 1.61. The van der Waals surface area contributed by atoms with Gasteiger partial charge in [0.05, 0.1) is 16.8 Å². The molecule has 0 saturated carbocycles. The number of amides is 3. The molecule has 140 valence electrons. The summed E-state index contributed by atoms with van der Waals surface area (Å²) in [6, 6.07) is 6.85. The van der Waals surface area contributed by atoms with Gasteiger partial charge in [-0.3, -0.25) is 19.7 Å². The molecule has 2 aromatic rings. The molecule has 1 aromatic heterocycles. The van der Waals surface area contributed by atoms with Crippen molar-refractivity contribution in [3.8, 4) is 0 Å². The smallest absolute Gasteiger partial charge is 0.261 e. The van der Waals surface area contributed by atoms with Crippen molar-refractivity contribution in [3.63, 3.8) is 0 Å². The quantitative estimate of drug-likeness (QED) is 0.747. The van der Waals surface area contributed by atoms with E-state index in [1.807, 2.05) is 0 Å². The van der Waals surface area contributed by atoms with Crippen molar-refractivity contribution in [3.05, 3.63) is 46.8 Å². The van der Waals surface area contributed by atoms with E-state index in [2.05, 4.69) is 10.6 Å². The fraction of sp³-hybridized carbons (Fsp3) is 0.235. The molecular weight excluding hydrogens is 390 g/mol. The number of nitrogens with zero attached hydrogens (tertiary/aromatic N) is 1. The number of hydrogen-bond donors (Lipinski definition) is 2. The molecule has 1 saturated heterocycles. The first-order chi connectivity index (χ1) is 12.9. The fourth-order valence-corrected chi connectivity index (χ4v) is 6.13. The van der Waals surface area contributed by atoms with Crippen LogP contribution in [0.1, 0.15) is 33.6 Å². The minimum absolute atomic E-state index is 0.0986. The highest BCUT2D eigenvalue weighted by atomic mass is 32.2. The maximum absolute atomic E-state index is 12.8. The second kappa shape index (κ2) is 6.55. The summed E-state index contributed by atoms with van der Waals surface area (Å²) < 4.78 is 27.0. The molecule has 2 aliphatic rings. The molecule has 0 radical (unpaired) electrons. The molecule has 1 fully saturated rings. The lowest BCUT2D eigenvalue weighted by molar-refractivity contribution is -0.119. The monoisotopic (exact) mass is 405 g/mol. The topological polar surface area (TPSA) is 113 Å². The Bertz CT molecular complexity index is 1050. The predicted octanol–water partition coefficient (Wildman–Crippen LogP) is 1.42. The number of fused-ring (bicyclic) bond motifs is 1. The van der Waals surface area contributed by atoms with E-state index in [1.54, 1.807) is 17.5 Å². The number of anilines is 1. The van der Waals surface area contributed by atoms with E-state index in [-0.39, 0.29) is 27.6 Å². The molecule has 10 heteroatoms. The first-order valence-electron chi connectivity index (χ1n) is 8.24. The lowest BCUT2D eigenvalue weighted by Crippen LogP contribution is -2.43. The Labute approximate surface area is 159 Å². The summed E-state index contributed by atoms with van der Waals surface area (Å²) in [5.74, 6) is -1.62. The van der Waals surface area contributed by atoms with Crippen LogP contribution in [0.25, 0.3) is 0 Å². The second-order valence-corrected chi connectivity index (χ2v) is 9.27. The Kier molecular flexibility index (Phi) is 4.33. The van der Waals surface area contributed by atoms with Crippen molar-refractivity contribution in [2.24, 2.45) is 0 Å². The number of rotatable bonds is 4. The van der Waals surface area contributed by atoms with Crippen LogP contribution in [0.3, 0.4) is 0 Å². The fourth-order valence-electron chi connectivity index (χ4n) is 3.36. The van der Waals surface area contributed by atoms with Crippen LogP contribution in [0.5, 0.6) is 0 Å². The normalized spacial score (nSPS) is 19.8. The largest absolute Gasteiger partial charge is 0.324 e. The van der Waals surface area contributed by atoms with Gasteiger partial charge in [0.25, 0.3) is 21.8 Å². The van der Waals surface area contributed by atoms with Gasteiger partial charge in [-0.15, -0.1) is 11.3 Å². The zero-order chi connectivity index (χ0) is 19.2. The Morgan fingerprint density at radius 3 is 2.74 bits per heavy atom. The average Bonchev–Trinajstić information content (AvgIpc) is 3.36. The molecule has 0 aliphatic carbocycles. The minimum Gasteiger partial charge on any atom is -0.324 e. The number of hydrogen-bond acceptors (Lipinski definition) is 6. The van der Waals surface area contributed by atoms with Crippen LogP contribution >= 0.6 is 11.3 Å². The van der Waals surface area contributed by atoms with Crippen molar-refractivity contribution >= 4 is 44.8 Å². The number of benzene rings is 1. The highest BCUT2D eigenvalue weighted by Gasteiger charge is 2.40. The lowest BCUT2D eigenvalue weighted by atomic mass is 10.1. The van der Waals surface area contributed by atoms with Crippen molar-refractivity contribution in [1.29, 1.82) is 0 Å². The zero-order valence-electron chi connectivity index (χ0n) is 14.0. The third-order valence-electron chi connectivity index (χ3n) is 4.59. The molecule has 1 aromatic carbocycles. The van der Waals surface area contributed by atoms with Crippen LogP contribution in [-0.2, 0) is 14.8 Å². The van der Waals surface area contributed by atoms with E-state index >= 15 is 0 Å². The summed E-state index contributed by atoms with van der Waals surface area (Å²) in [6.07, 6.45) is 0.950. The standard InChI is InChI=1S/C17H15N3O5S2/c21-15-10-4-1-5-11(14(10)17(23)19-15)18-16(22)12-6-2-8-20(12)27(24,25)13-7-3-9-26-13/h1,3-5,7,9,12H,2,6,8H2,(H,18,22)(H,19,21,23). The highest BCUT2D eigenvalue weighted by Crippen LogP contribution is 2.30. The highest BCUT2D eigenvalue weighted by molar-refractivity contribution is 7.91. The first-order valence-corrected chi connectivity index (χ1v) is 10.6. The number of thiophene rings is 1.